The minimum atomic E-state index is 0.177. The molecule has 1 heterocycles. The van der Waals surface area contributed by atoms with Gasteiger partial charge in [0.1, 0.15) is 5.82 Å². The van der Waals surface area contributed by atoms with Crippen molar-refractivity contribution in [3.8, 4) is 0 Å². The Morgan fingerprint density at radius 3 is 2.52 bits per heavy atom. The van der Waals surface area contributed by atoms with Crippen LogP contribution in [0.15, 0.2) is 42.7 Å². The number of hydrogen-bond acceptors (Lipinski definition) is 2. The van der Waals surface area contributed by atoms with E-state index in [1.54, 1.807) is 0 Å². The molecule has 3 rings (SSSR count). The van der Waals surface area contributed by atoms with Crippen LogP contribution in [-0.2, 0) is 12.5 Å². The molecule has 3 heteroatoms. The number of nitrogens with zero attached hydrogens (tertiary/aromatic N) is 2. The van der Waals surface area contributed by atoms with E-state index >= 15 is 0 Å². The van der Waals surface area contributed by atoms with Crippen molar-refractivity contribution in [3.63, 3.8) is 0 Å². The molecule has 0 spiro atoms. The van der Waals surface area contributed by atoms with Gasteiger partial charge in [-0.15, -0.1) is 0 Å². The second-order valence-electron chi connectivity index (χ2n) is 6.12. The first-order chi connectivity index (χ1) is 10.3. The zero-order valence-electron chi connectivity index (χ0n) is 13.0. The predicted molar refractivity (Wildman–Crippen MR) is 86.2 cm³/mol. The predicted octanol–water partition coefficient (Wildman–Crippen LogP) is 3.58. The normalized spacial score (nSPS) is 18.8. The highest BCUT2D eigenvalue weighted by molar-refractivity contribution is 5.31. The fourth-order valence-electron chi connectivity index (χ4n) is 3.91. The van der Waals surface area contributed by atoms with Crippen LogP contribution in [0.2, 0.25) is 0 Å². The van der Waals surface area contributed by atoms with Crippen LogP contribution in [0, 0.1) is 0 Å². The Balaban J connectivity index is 2.07. The molecule has 1 atom stereocenters. The van der Waals surface area contributed by atoms with Crippen LogP contribution in [0.25, 0.3) is 0 Å². The van der Waals surface area contributed by atoms with Gasteiger partial charge >= 0.3 is 0 Å². The Bertz CT molecular complexity index is 567. The third kappa shape index (κ3) is 2.51. The Morgan fingerprint density at radius 1 is 1.24 bits per heavy atom. The third-order valence-electron chi connectivity index (χ3n) is 4.92. The molecule has 0 aliphatic heterocycles. The Kier molecular flexibility index (Phi) is 4.11. The lowest BCUT2D eigenvalue weighted by molar-refractivity contribution is 0.288. The number of imidazole rings is 1. The molecule has 0 radical (unpaired) electrons. The number of aryl methyl sites for hydroxylation is 1. The van der Waals surface area contributed by atoms with Gasteiger partial charge in [0.05, 0.1) is 6.04 Å². The standard InChI is InChI=1S/C18H25N3/c1-3-19-16(17-20-13-14-21(17)2)18(11-7-8-12-18)15-9-5-4-6-10-15/h4-6,9-10,13-14,16,19H,3,7-8,11-12H2,1-2H3. The van der Waals surface area contributed by atoms with Crippen molar-refractivity contribution in [3.05, 3.63) is 54.1 Å². The molecule has 1 aliphatic rings. The van der Waals surface area contributed by atoms with Crippen LogP contribution < -0.4 is 5.32 Å². The number of rotatable bonds is 5. The first kappa shape index (κ1) is 14.3. The van der Waals surface area contributed by atoms with Gasteiger partial charge in [-0.2, -0.15) is 0 Å². The number of nitrogens with one attached hydrogen (secondary N) is 1. The molecule has 3 nitrogen and oxygen atoms in total. The molecule has 1 aromatic heterocycles. The van der Waals surface area contributed by atoms with Crippen molar-refractivity contribution in [2.75, 3.05) is 6.54 Å². The van der Waals surface area contributed by atoms with Gasteiger partial charge in [0, 0.05) is 24.9 Å². The maximum absolute atomic E-state index is 4.65. The molecule has 2 aromatic rings. The van der Waals surface area contributed by atoms with Crippen LogP contribution >= 0.6 is 0 Å². The van der Waals surface area contributed by atoms with E-state index in [1.807, 2.05) is 12.4 Å². The van der Waals surface area contributed by atoms with Crippen LogP contribution in [0.5, 0.6) is 0 Å². The van der Waals surface area contributed by atoms with Crippen LogP contribution in [0.3, 0.4) is 0 Å². The quantitative estimate of drug-likeness (QED) is 0.909. The summed E-state index contributed by atoms with van der Waals surface area (Å²) in [5, 5.41) is 3.72. The summed E-state index contributed by atoms with van der Waals surface area (Å²) in [7, 11) is 2.10. The first-order valence-corrected chi connectivity index (χ1v) is 8.04. The van der Waals surface area contributed by atoms with Gasteiger partial charge in [0.2, 0.25) is 0 Å². The second kappa shape index (κ2) is 6.02. The van der Waals surface area contributed by atoms with Crippen molar-refractivity contribution in [1.29, 1.82) is 0 Å². The molecule has 1 fully saturated rings. The summed E-state index contributed by atoms with van der Waals surface area (Å²) in [6.45, 7) is 3.15. The lowest BCUT2D eigenvalue weighted by atomic mass is 9.72. The van der Waals surface area contributed by atoms with Gasteiger partial charge in [-0.3, -0.25) is 0 Å². The molecule has 0 bridgehead atoms. The van der Waals surface area contributed by atoms with E-state index in [1.165, 1.54) is 31.2 Å². The lowest BCUT2D eigenvalue weighted by Crippen LogP contribution is -2.41. The molecule has 1 aliphatic carbocycles. The van der Waals surface area contributed by atoms with Crippen molar-refractivity contribution in [2.45, 2.75) is 44.1 Å². The fraction of sp³-hybridized carbons (Fsp3) is 0.500. The van der Waals surface area contributed by atoms with E-state index in [0.29, 0.717) is 0 Å². The van der Waals surface area contributed by atoms with Gasteiger partial charge in [0.15, 0.2) is 0 Å². The topological polar surface area (TPSA) is 29.9 Å². The highest BCUT2D eigenvalue weighted by atomic mass is 15.1. The summed E-state index contributed by atoms with van der Waals surface area (Å²) in [5.41, 5.74) is 1.63. The average Bonchev–Trinajstić information content (AvgIpc) is 3.16. The van der Waals surface area contributed by atoms with E-state index in [4.69, 9.17) is 0 Å². The van der Waals surface area contributed by atoms with Crippen molar-refractivity contribution >= 4 is 0 Å². The van der Waals surface area contributed by atoms with Gasteiger partial charge in [-0.05, 0) is 24.9 Å². The summed E-state index contributed by atoms with van der Waals surface area (Å²) in [6, 6.07) is 11.3. The summed E-state index contributed by atoms with van der Waals surface area (Å²) in [5.74, 6) is 1.16. The van der Waals surface area contributed by atoms with E-state index < -0.39 is 0 Å². The Morgan fingerprint density at radius 2 is 1.95 bits per heavy atom. The van der Waals surface area contributed by atoms with Crippen molar-refractivity contribution in [1.82, 2.24) is 14.9 Å². The molecule has 1 saturated carbocycles. The van der Waals surface area contributed by atoms with E-state index in [2.05, 4.69) is 59.2 Å². The maximum atomic E-state index is 4.65. The zero-order valence-corrected chi connectivity index (χ0v) is 13.0. The van der Waals surface area contributed by atoms with Crippen LogP contribution in [-0.4, -0.2) is 16.1 Å². The SMILES string of the molecule is CCNC(c1nccn1C)C1(c2ccccc2)CCCC1. The highest BCUT2D eigenvalue weighted by Crippen LogP contribution is 2.49. The number of benzene rings is 1. The maximum Gasteiger partial charge on any atom is 0.126 e. The molecule has 0 saturated heterocycles. The van der Waals surface area contributed by atoms with Gasteiger partial charge in [-0.25, -0.2) is 4.98 Å². The molecular formula is C18H25N3. The van der Waals surface area contributed by atoms with Gasteiger partial charge in [0.25, 0.3) is 0 Å². The summed E-state index contributed by atoms with van der Waals surface area (Å²) >= 11 is 0. The smallest absolute Gasteiger partial charge is 0.126 e. The molecule has 112 valence electrons. The average molecular weight is 283 g/mol. The Labute approximate surface area is 127 Å². The van der Waals surface area contributed by atoms with E-state index in [-0.39, 0.29) is 11.5 Å². The first-order valence-electron chi connectivity index (χ1n) is 8.04. The lowest BCUT2D eigenvalue weighted by Gasteiger charge is -2.38. The van der Waals surface area contributed by atoms with Gasteiger partial charge < -0.3 is 9.88 Å². The van der Waals surface area contributed by atoms with Crippen LogP contribution in [0.4, 0.5) is 0 Å². The largest absolute Gasteiger partial charge is 0.337 e. The summed E-state index contributed by atoms with van der Waals surface area (Å²) in [6.07, 6.45) is 9.05. The molecule has 1 unspecified atom stereocenters. The summed E-state index contributed by atoms with van der Waals surface area (Å²) in [4.78, 5) is 4.65. The van der Waals surface area contributed by atoms with Crippen molar-refractivity contribution in [2.24, 2.45) is 7.05 Å². The van der Waals surface area contributed by atoms with Gasteiger partial charge in [-0.1, -0.05) is 50.1 Å². The monoisotopic (exact) mass is 283 g/mol. The third-order valence-corrected chi connectivity index (χ3v) is 4.92. The zero-order chi connectivity index (χ0) is 14.7. The minimum Gasteiger partial charge on any atom is -0.337 e. The second-order valence-corrected chi connectivity index (χ2v) is 6.12. The van der Waals surface area contributed by atoms with Crippen molar-refractivity contribution < 1.29 is 0 Å². The van der Waals surface area contributed by atoms with Crippen LogP contribution in [0.1, 0.15) is 50.0 Å². The molecule has 1 aromatic carbocycles. The highest BCUT2D eigenvalue weighted by Gasteiger charge is 2.44. The summed E-state index contributed by atoms with van der Waals surface area (Å²) < 4.78 is 2.16. The Hall–Kier alpha value is -1.61. The molecule has 21 heavy (non-hydrogen) atoms. The number of aromatic nitrogens is 2. The molecule has 1 N–H and O–H groups in total. The molecular weight excluding hydrogens is 258 g/mol. The molecule has 0 amide bonds. The van der Waals surface area contributed by atoms with E-state index in [9.17, 15) is 0 Å². The number of likely N-dealkylation sites (N-methyl/N-ethyl adjacent to an activating group) is 1. The minimum absolute atomic E-state index is 0.177. The van der Waals surface area contributed by atoms with E-state index in [0.717, 1.165) is 12.4 Å². The number of hydrogen-bond donors (Lipinski definition) is 1. The fourth-order valence-corrected chi connectivity index (χ4v) is 3.91.